The largest absolute Gasteiger partial charge is 0.310 e. The minimum absolute atomic E-state index is 1.07. The monoisotopic (exact) mass is 651 g/mol. The lowest BCUT2D eigenvalue weighted by Crippen LogP contribution is -2.11. The molecule has 8 aromatic rings. The number of benzene rings is 8. The van der Waals surface area contributed by atoms with Gasteiger partial charge in [-0.2, -0.15) is 0 Å². The molecule has 0 atom stereocenters. The van der Waals surface area contributed by atoms with Crippen molar-refractivity contribution in [3.8, 4) is 22.3 Å². The fourth-order valence-corrected chi connectivity index (χ4v) is 8.45. The molecule has 0 amide bonds. The standard InChI is InChI=1S/C50H37N/c1-2-14-36(15-3-1)48-32-40-33-49(45-19-9-11-21-47(45)50(40)46-20-10-8-18-44(46)48)37-24-26-41(27-25-37)51(42-28-22-34-12-4-6-16-38(34)30-42)43-29-23-35-13-5-7-17-39(35)31-43/h1-4,6-7,9-12,14-17,19-33H,5,8,13,18H2. The van der Waals surface area contributed by atoms with E-state index in [1.54, 1.807) is 0 Å². The molecule has 1 heteroatoms. The van der Waals surface area contributed by atoms with Crippen LogP contribution in [0, 0.1) is 0 Å². The van der Waals surface area contributed by atoms with Gasteiger partial charge >= 0.3 is 0 Å². The van der Waals surface area contributed by atoms with E-state index >= 15 is 0 Å². The maximum atomic E-state index is 2.44. The molecular weight excluding hydrogens is 615 g/mol. The lowest BCUT2D eigenvalue weighted by Gasteiger charge is -2.27. The van der Waals surface area contributed by atoms with Crippen LogP contribution in [-0.4, -0.2) is 0 Å². The number of anilines is 3. The van der Waals surface area contributed by atoms with E-state index in [0.29, 0.717) is 0 Å². The van der Waals surface area contributed by atoms with Crippen molar-refractivity contribution in [2.45, 2.75) is 25.7 Å². The Labute approximate surface area is 299 Å². The van der Waals surface area contributed by atoms with Gasteiger partial charge < -0.3 is 4.90 Å². The molecule has 10 rings (SSSR count). The summed E-state index contributed by atoms with van der Waals surface area (Å²) in [4.78, 5) is 2.40. The molecule has 0 saturated heterocycles. The summed E-state index contributed by atoms with van der Waals surface area (Å²) in [5.41, 5.74) is 14.2. The van der Waals surface area contributed by atoms with E-state index in [-0.39, 0.29) is 0 Å². The fourth-order valence-electron chi connectivity index (χ4n) is 8.45. The number of hydrogen-bond acceptors (Lipinski definition) is 1. The lowest BCUT2D eigenvalue weighted by molar-refractivity contribution is 0.985. The first-order chi connectivity index (χ1) is 25.3. The van der Waals surface area contributed by atoms with Gasteiger partial charge in [0.15, 0.2) is 0 Å². The van der Waals surface area contributed by atoms with Crippen LogP contribution in [0.25, 0.3) is 66.7 Å². The highest BCUT2D eigenvalue weighted by molar-refractivity contribution is 6.18. The van der Waals surface area contributed by atoms with Gasteiger partial charge in [-0.25, -0.2) is 0 Å². The summed E-state index contributed by atoms with van der Waals surface area (Å²) in [7, 11) is 0. The van der Waals surface area contributed by atoms with Crippen LogP contribution in [0.1, 0.15) is 35.1 Å². The summed E-state index contributed by atoms with van der Waals surface area (Å²) >= 11 is 0. The normalized spacial score (nSPS) is 13.4. The van der Waals surface area contributed by atoms with E-state index in [9.17, 15) is 0 Å². The summed E-state index contributed by atoms with van der Waals surface area (Å²) in [5, 5.41) is 7.75. The Bertz CT molecular complexity index is 2680. The van der Waals surface area contributed by atoms with E-state index in [1.165, 1.54) is 82.5 Å². The highest BCUT2D eigenvalue weighted by Gasteiger charge is 2.20. The van der Waals surface area contributed by atoms with Crippen molar-refractivity contribution in [2.24, 2.45) is 0 Å². The van der Waals surface area contributed by atoms with Gasteiger partial charge in [-0.05, 0) is 151 Å². The van der Waals surface area contributed by atoms with Crippen molar-refractivity contribution < 1.29 is 0 Å². The third-order valence-corrected chi connectivity index (χ3v) is 10.9. The molecule has 0 saturated carbocycles. The maximum Gasteiger partial charge on any atom is 0.0468 e. The van der Waals surface area contributed by atoms with Crippen LogP contribution < -0.4 is 4.90 Å². The van der Waals surface area contributed by atoms with Crippen LogP contribution in [0.2, 0.25) is 0 Å². The van der Waals surface area contributed by atoms with Gasteiger partial charge in [-0.1, -0.05) is 127 Å². The minimum atomic E-state index is 1.07. The molecule has 0 N–H and O–H groups in total. The molecule has 1 nitrogen and oxygen atoms in total. The van der Waals surface area contributed by atoms with Crippen molar-refractivity contribution in [1.29, 1.82) is 0 Å². The fraction of sp³-hybridized carbons (Fsp3) is 0.0800. The van der Waals surface area contributed by atoms with Crippen LogP contribution in [-0.2, 0) is 12.8 Å². The Morgan fingerprint density at radius 2 is 1.10 bits per heavy atom. The average Bonchev–Trinajstić information content (AvgIpc) is 3.20. The van der Waals surface area contributed by atoms with Crippen molar-refractivity contribution in [3.63, 3.8) is 0 Å². The number of rotatable bonds is 5. The van der Waals surface area contributed by atoms with Crippen LogP contribution in [0.5, 0.6) is 0 Å². The summed E-state index contributed by atoms with van der Waals surface area (Å²) in [6.07, 6.45) is 13.6. The number of nitrogens with zero attached hydrogens (tertiary/aromatic N) is 1. The molecule has 2 aliphatic rings. The Morgan fingerprint density at radius 3 is 1.98 bits per heavy atom. The maximum absolute atomic E-state index is 2.44. The quantitative estimate of drug-likeness (QED) is 0.167. The van der Waals surface area contributed by atoms with E-state index < -0.39 is 0 Å². The van der Waals surface area contributed by atoms with E-state index in [2.05, 4.69) is 181 Å². The molecule has 8 aromatic carbocycles. The summed E-state index contributed by atoms with van der Waals surface area (Å²) in [6.45, 7) is 0. The zero-order valence-corrected chi connectivity index (χ0v) is 28.5. The molecule has 51 heavy (non-hydrogen) atoms. The lowest BCUT2D eigenvalue weighted by atomic mass is 9.82. The number of allylic oxidation sites excluding steroid dienone is 2. The summed E-state index contributed by atoms with van der Waals surface area (Å²) < 4.78 is 0. The van der Waals surface area contributed by atoms with Crippen molar-refractivity contribution in [3.05, 3.63) is 186 Å². The van der Waals surface area contributed by atoms with Crippen LogP contribution in [0.15, 0.2) is 164 Å². The van der Waals surface area contributed by atoms with Gasteiger partial charge in [0.25, 0.3) is 0 Å². The number of fused-ring (bicyclic) bond motifs is 7. The Morgan fingerprint density at radius 1 is 0.431 bits per heavy atom. The van der Waals surface area contributed by atoms with Crippen LogP contribution in [0.3, 0.4) is 0 Å². The van der Waals surface area contributed by atoms with Crippen molar-refractivity contribution in [2.75, 3.05) is 4.90 Å². The third-order valence-electron chi connectivity index (χ3n) is 10.9. The average molecular weight is 652 g/mol. The molecule has 2 aliphatic carbocycles. The summed E-state index contributed by atoms with van der Waals surface area (Å²) in [5.74, 6) is 0. The molecule has 0 aromatic heterocycles. The molecule has 0 radical (unpaired) electrons. The van der Waals surface area contributed by atoms with Gasteiger partial charge in [0.05, 0.1) is 0 Å². The number of hydrogen-bond donors (Lipinski definition) is 0. The van der Waals surface area contributed by atoms with Crippen molar-refractivity contribution in [1.82, 2.24) is 0 Å². The number of aryl methyl sites for hydroxylation is 1. The molecule has 242 valence electrons. The molecule has 0 fully saturated rings. The molecule has 0 bridgehead atoms. The van der Waals surface area contributed by atoms with Crippen molar-refractivity contribution >= 4 is 61.5 Å². The molecule has 0 spiro atoms. The SMILES string of the molecule is C1=Cc2cc(N(c3ccc(-c4cc5cc(-c6ccccc6)c6c(c5c5ccccc45)C=CCC6)cc3)c3ccc4ccccc4c3)ccc2CC1. The van der Waals surface area contributed by atoms with E-state index in [1.807, 2.05) is 0 Å². The first-order valence-electron chi connectivity index (χ1n) is 18.2. The molecule has 0 aliphatic heterocycles. The minimum Gasteiger partial charge on any atom is -0.310 e. The first kappa shape index (κ1) is 29.7. The predicted octanol–water partition coefficient (Wildman–Crippen LogP) is 13.9. The highest BCUT2D eigenvalue weighted by atomic mass is 15.1. The van der Waals surface area contributed by atoms with E-state index in [4.69, 9.17) is 0 Å². The molecular formula is C50H37N. The van der Waals surface area contributed by atoms with Crippen LogP contribution in [0.4, 0.5) is 17.1 Å². The summed E-state index contributed by atoms with van der Waals surface area (Å²) in [6, 6.07) is 56.4. The predicted molar refractivity (Wildman–Crippen MR) is 219 cm³/mol. The second kappa shape index (κ2) is 12.3. The van der Waals surface area contributed by atoms with Crippen LogP contribution >= 0.6 is 0 Å². The van der Waals surface area contributed by atoms with Gasteiger partial charge in [0.1, 0.15) is 0 Å². The smallest absolute Gasteiger partial charge is 0.0468 e. The Kier molecular flexibility index (Phi) is 7.17. The molecule has 0 unspecified atom stereocenters. The zero-order valence-electron chi connectivity index (χ0n) is 28.5. The van der Waals surface area contributed by atoms with Gasteiger partial charge in [0.2, 0.25) is 0 Å². The Balaban J connectivity index is 1.14. The first-order valence-corrected chi connectivity index (χ1v) is 18.2. The van der Waals surface area contributed by atoms with Gasteiger partial charge in [0, 0.05) is 17.1 Å². The highest BCUT2D eigenvalue weighted by Crippen LogP contribution is 2.44. The Hall–Kier alpha value is -6.18. The van der Waals surface area contributed by atoms with Gasteiger partial charge in [-0.3, -0.25) is 0 Å². The second-order valence-electron chi connectivity index (χ2n) is 13.9. The molecule has 0 heterocycles. The third kappa shape index (κ3) is 5.16. The second-order valence-corrected chi connectivity index (χ2v) is 13.9. The zero-order chi connectivity index (χ0) is 33.7. The van der Waals surface area contributed by atoms with Gasteiger partial charge in [-0.15, -0.1) is 0 Å². The van der Waals surface area contributed by atoms with E-state index in [0.717, 1.165) is 37.1 Å². The topological polar surface area (TPSA) is 3.24 Å².